The molecule has 13 heteroatoms. The number of carbonyl (C=O) groups excluding carboxylic acids is 3. The Kier molecular flexibility index (Phi) is 8.28. The summed E-state index contributed by atoms with van der Waals surface area (Å²) in [4.78, 5) is 49.7. The van der Waals surface area contributed by atoms with Crippen LogP contribution in [0.5, 0.6) is 11.5 Å². The number of urea groups is 1. The first-order valence-corrected chi connectivity index (χ1v) is 15.5. The minimum absolute atomic E-state index is 0.00524. The van der Waals surface area contributed by atoms with Crippen LogP contribution in [0.4, 0.5) is 19.7 Å². The molecule has 0 radical (unpaired) electrons. The zero-order valence-corrected chi connectivity index (χ0v) is 25.9. The molecule has 3 aromatic heterocycles. The monoisotopic (exact) mass is 632 g/mol. The number of nitrogens with one attached hydrogen (secondary N) is 2. The lowest BCUT2D eigenvalue weighted by Gasteiger charge is -2.39. The van der Waals surface area contributed by atoms with E-state index in [-0.39, 0.29) is 23.4 Å². The largest absolute Gasteiger partial charge is 0.453 e. The van der Waals surface area contributed by atoms with E-state index in [0.29, 0.717) is 37.3 Å². The molecule has 4 aromatic rings. The lowest BCUT2D eigenvalue weighted by atomic mass is 10.1. The predicted molar refractivity (Wildman–Crippen MR) is 168 cm³/mol. The van der Waals surface area contributed by atoms with E-state index in [0.717, 1.165) is 33.8 Å². The van der Waals surface area contributed by atoms with Crippen LogP contribution >= 0.6 is 11.3 Å². The highest BCUT2D eigenvalue weighted by Gasteiger charge is 2.34. The van der Waals surface area contributed by atoms with Crippen molar-refractivity contribution in [2.45, 2.75) is 51.8 Å². The van der Waals surface area contributed by atoms with E-state index in [1.165, 1.54) is 28.4 Å². The number of likely N-dealkylation sites (tertiary alicyclic amines) is 2. The maximum absolute atomic E-state index is 15.1. The van der Waals surface area contributed by atoms with E-state index in [4.69, 9.17) is 9.47 Å². The third kappa shape index (κ3) is 7.14. The van der Waals surface area contributed by atoms with E-state index in [1.807, 2.05) is 23.1 Å². The molecule has 0 bridgehead atoms. The Hall–Kier alpha value is -4.78. The van der Waals surface area contributed by atoms with Gasteiger partial charge in [-0.05, 0) is 57.0 Å². The second kappa shape index (κ2) is 12.3. The smallest absolute Gasteiger partial charge is 0.410 e. The Morgan fingerprint density at radius 3 is 2.60 bits per heavy atom. The highest BCUT2D eigenvalue weighted by atomic mass is 32.1. The molecule has 4 amide bonds. The van der Waals surface area contributed by atoms with E-state index in [1.54, 1.807) is 45.3 Å². The fourth-order valence-corrected chi connectivity index (χ4v) is 6.10. The molecule has 11 nitrogen and oxygen atoms in total. The molecule has 6 rings (SSSR count). The van der Waals surface area contributed by atoms with Gasteiger partial charge < -0.3 is 29.9 Å². The highest BCUT2D eigenvalue weighted by Crippen LogP contribution is 2.39. The number of thiophene rings is 1. The van der Waals surface area contributed by atoms with Crippen LogP contribution in [0.25, 0.3) is 20.8 Å². The molecule has 0 unspecified atom stereocenters. The normalized spacial score (nSPS) is 15.2. The quantitative estimate of drug-likeness (QED) is 0.250. The van der Waals surface area contributed by atoms with Crippen LogP contribution < -0.4 is 15.4 Å². The average Bonchev–Trinajstić information content (AvgIpc) is 3.58. The Balaban J connectivity index is 1.06. The Bertz CT molecular complexity index is 1750. The summed E-state index contributed by atoms with van der Waals surface area (Å²) in [6.45, 7) is 7.36. The molecule has 45 heavy (non-hydrogen) atoms. The standard InChI is InChI=1S/C32H33FN6O5S/c1-32(2,3)44-31(42)39-17-21(18-39)37-30(41)36-20-7-9-25(22(33)13-20)43-26-10-11-34-24-14-27(45-29(24)26)23-8-6-19(15-35-23)16-38-12-4-5-28(38)40/h6-11,13-15,21H,4-5,12,16-18H2,1-3H3,(H2,36,37,41). The second-order valence-corrected chi connectivity index (χ2v) is 13.1. The lowest BCUT2D eigenvalue weighted by Crippen LogP contribution is -2.62. The van der Waals surface area contributed by atoms with E-state index in [2.05, 4.69) is 20.6 Å². The van der Waals surface area contributed by atoms with Crippen molar-refractivity contribution < 1.29 is 28.2 Å². The zero-order chi connectivity index (χ0) is 31.7. The van der Waals surface area contributed by atoms with Crippen molar-refractivity contribution in [3.05, 3.63) is 66.2 Å². The molecule has 2 N–H and O–H groups in total. The van der Waals surface area contributed by atoms with Crippen molar-refractivity contribution in [3.63, 3.8) is 0 Å². The van der Waals surface area contributed by atoms with Gasteiger partial charge in [0.05, 0.1) is 26.8 Å². The van der Waals surface area contributed by atoms with Crippen LogP contribution in [-0.4, -0.2) is 69.1 Å². The summed E-state index contributed by atoms with van der Waals surface area (Å²) in [5.41, 5.74) is 2.08. The molecule has 234 valence electrons. The van der Waals surface area contributed by atoms with Crippen molar-refractivity contribution in [1.82, 2.24) is 25.1 Å². The number of carbonyl (C=O) groups is 3. The molecule has 0 atom stereocenters. The molecule has 2 saturated heterocycles. The molecular weight excluding hydrogens is 599 g/mol. The molecule has 0 spiro atoms. The minimum Gasteiger partial charge on any atom is -0.453 e. The first kappa shape index (κ1) is 30.3. The van der Waals surface area contributed by atoms with Gasteiger partial charge in [-0.15, -0.1) is 11.3 Å². The molecule has 2 aliphatic heterocycles. The fourth-order valence-electron chi connectivity index (χ4n) is 5.05. The number of rotatable bonds is 7. The number of hydrogen-bond acceptors (Lipinski definition) is 8. The van der Waals surface area contributed by atoms with Crippen molar-refractivity contribution in [3.8, 4) is 22.1 Å². The van der Waals surface area contributed by atoms with E-state index < -0.39 is 23.5 Å². The molecule has 0 saturated carbocycles. The number of ether oxygens (including phenoxy) is 2. The number of nitrogens with zero attached hydrogens (tertiary/aromatic N) is 4. The number of benzene rings is 1. The molecule has 2 aliphatic rings. The summed E-state index contributed by atoms with van der Waals surface area (Å²) in [5.74, 6) is -0.0387. The third-order valence-electron chi connectivity index (χ3n) is 7.28. The number of fused-ring (bicyclic) bond motifs is 1. The van der Waals surface area contributed by atoms with Crippen molar-refractivity contribution >= 4 is 45.3 Å². The molecular formula is C32H33FN6O5S. The van der Waals surface area contributed by atoms with Gasteiger partial charge in [0.1, 0.15) is 11.4 Å². The fraction of sp³-hybridized carbons (Fsp3) is 0.344. The molecule has 5 heterocycles. The van der Waals surface area contributed by atoms with Gasteiger partial charge in [0.15, 0.2) is 11.6 Å². The van der Waals surface area contributed by atoms with Gasteiger partial charge in [0, 0.05) is 62.8 Å². The predicted octanol–water partition coefficient (Wildman–Crippen LogP) is 6.15. The van der Waals surface area contributed by atoms with Gasteiger partial charge in [-0.1, -0.05) is 6.07 Å². The van der Waals surface area contributed by atoms with E-state index in [9.17, 15) is 14.4 Å². The molecule has 2 fully saturated rings. The first-order valence-electron chi connectivity index (χ1n) is 14.7. The molecule has 0 aliphatic carbocycles. The number of halogens is 1. The minimum atomic E-state index is -0.650. The first-order chi connectivity index (χ1) is 21.5. The van der Waals surface area contributed by atoms with Crippen molar-refractivity contribution in [2.24, 2.45) is 0 Å². The van der Waals surface area contributed by atoms with Crippen LogP contribution in [0.15, 0.2) is 54.9 Å². The summed E-state index contributed by atoms with van der Waals surface area (Å²) in [5, 5.41) is 5.38. The number of pyridine rings is 2. The van der Waals surface area contributed by atoms with E-state index >= 15 is 4.39 Å². The SMILES string of the molecule is CC(C)(C)OC(=O)N1CC(NC(=O)Nc2ccc(Oc3ccnc4cc(-c5ccc(CN6CCCC6=O)cn5)sc34)c(F)c2)C1. The topological polar surface area (TPSA) is 126 Å². The lowest BCUT2D eigenvalue weighted by molar-refractivity contribution is -0.128. The van der Waals surface area contributed by atoms with Crippen LogP contribution in [0.3, 0.4) is 0 Å². The number of hydrogen-bond donors (Lipinski definition) is 2. The van der Waals surface area contributed by atoms with Crippen LogP contribution in [-0.2, 0) is 16.1 Å². The third-order valence-corrected chi connectivity index (χ3v) is 8.44. The molecule has 1 aromatic carbocycles. The maximum Gasteiger partial charge on any atom is 0.410 e. The van der Waals surface area contributed by atoms with Gasteiger partial charge in [0.25, 0.3) is 0 Å². The summed E-state index contributed by atoms with van der Waals surface area (Å²) in [7, 11) is 0. The van der Waals surface area contributed by atoms with Crippen LogP contribution in [0.1, 0.15) is 39.2 Å². The van der Waals surface area contributed by atoms with Crippen molar-refractivity contribution in [2.75, 3.05) is 25.0 Å². The van der Waals surface area contributed by atoms with Gasteiger partial charge in [-0.3, -0.25) is 14.8 Å². The highest BCUT2D eigenvalue weighted by molar-refractivity contribution is 7.22. The van der Waals surface area contributed by atoms with Gasteiger partial charge >= 0.3 is 12.1 Å². The Morgan fingerprint density at radius 1 is 1.09 bits per heavy atom. The number of aromatic nitrogens is 2. The summed E-state index contributed by atoms with van der Waals surface area (Å²) >= 11 is 1.44. The number of anilines is 1. The van der Waals surface area contributed by atoms with Crippen LogP contribution in [0.2, 0.25) is 0 Å². The average molecular weight is 633 g/mol. The van der Waals surface area contributed by atoms with Gasteiger partial charge in [-0.2, -0.15) is 0 Å². The zero-order valence-electron chi connectivity index (χ0n) is 25.1. The maximum atomic E-state index is 15.1. The van der Waals surface area contributed by atoms with Gasteiger partial charge in [0.2, 0.25) is 5.91 Å². The summed E-state index contributed by atoms with van der Waals surface area (Å²) in [6.07, 6.45) is 4.45. The second-order valence-electron chi connectivity index (χ2n) is 12.0. The Morgan fingerprint density at radius 2 is 1.91 bits per heavy atom. The summed E-state index contributed by atoms with van der Waals surface area (Å²) in [6, 6.07) is 10.9. The van der Waals surface area contributed by atoms with Crippen LogP contribution in [0, 0.1) is 5.82 Å². The van der Waals surface area contributed by atoms with Gasteiger partial charge in [-0.25, -0.2) is 14.0 Å². The van der Waals surface area contributed by atoms with Crippen molar-refractivity contribution in [1.29, 1.82) is 0 Å². The number of amides is 4. The summed E-state index contributed by atoms with van der Waals surface area (Å²) < 4.78 is 27.1. The Labute approximate surface area is 263 Å².